The van der Waals surface area contributed by atoms with Gasteiger partial charge in [0, 0.05) is 17.7 Å². The maximum atomic E-state index is 13.7. The zero-order valence-corrected chi connectivity index (χ0v) is 11.3. The van der Waals surface area contributed by atoms with Crippen molar-refractivity contribution < 1.29 is 9.13 Å². The van der Waals surface area contributed by atoms with E-state index < -0.39 is 0 Å². The lowest BCUT2D eigenvalue weighted by Crippen LogP contribution is -2.40. The summed E-state index contributed by atoms with van der Waals surface area (Å²) in [4.78, 5) is 0. The van der Waals surface area contributed by atoms with Gasteiger partial charge in [-0.15, -0.1) is 0 Å². The molecule has 2 unspecified atom stereocenters. The van der Waals surface area contributed by atoms with Crippen molar-refractivity contribution in [3.63, 3.8) is 0 Å². The number of hydrogen-bond donors (Lipinski definition) is 1. The molecule has 1 aliphatic rings. The van der Waals surface area contributed by atoms with Gasteiger partial charge in [0.2, 0.25) is 0 Å². The van der Waals surface area contributed by atoms with Crippen LogP contribution in [0.3, 0.4) is 0 Å². The van der Waals surface area contributed by atoms with Gasteiger partial charge in [-0.1, -0.05) is 17.7 Å². The van der Waals surface area contributed by atoms with Gasteiger partial charge in [0.1, 0.15) is 5.82 Å². The second-order valence-electron chi connectivity index (χ2n) is 4.86. The molecule has 18 heavy (non-hydrogen) atoms. The summed E-state index contributed by atoms with van der Waals surface area (Å²) in [6.45, 7) is 2.61. The molecular formula is C14H19ClFNO. The van der Waals surface area contributed by atoms with E-state index in [2.05, 4.69) is 0 Å². The zero-order valence-electron chi connectivity index (χ0n) is 10.5. The Morgan fingerprint density at radius 1 is 1.50 bits per heavy atom. The van der Waals surface area contributed by atoms with E-state index in [-0.39, 0.29) is 18.0 Å². The van der Waals surface area contributed by atoms with Gasteiger partial charge in [-0.25, -0.2) is 4.39 Å². The number of benzene rings is 1. The molecule has 1 saturated carbocycles. The summed E-state index contributed by atoms with van der Waals surface area (Å²) in [5.41, 5.74) is 6.77. The van der Waals surface area contributed by atoms with Crippen LogP contribution in [0, 0.1) is 11.7 Å². The van der Waals surface area contributed by atoms with Crippen molar-refractivity contribution in [2.45, 2.75) is 38.3 Å². The van der Waals surface area contributed by atoms with E-state index in [1.807, 2.05) is 6.92 Å². The lowest BCUT2D eigenvalue weighted by Gasteiger charge is -2.24. The van der Waals surface area contributed by atoms with E-state index in [9.17, 15) is 4.39 Å². The molecule has 0 aromatic heterocycles. The molecule has 2 atom stereocenters. The Bertz CT molecular complexity index is 409. The molecule has 0 amide bonds. The van der Waals surface area contributed by atoms with Crippen LogP contribution >= 0.6 is 11.6 Å². The Morgan fingerprint density at radius 3 is 2.78 bits per heavy atom. The van der Waals surface area contributed by atoms with E-state index in [4.69, 9.17) is 22.1 Å². The number of nitrogens with two attached hydrogens (primary N) is 1. The minimum atomic E-state index is -0.288. The summed E-state index contributed by atoms with van der Waals surface area (Å²) in [7, 11) is 0. The Balaban J connectivity index is 2.02. The molecule has 100 valence electrons. The van der Waals surface area contributed by atoms with Crippen LogP contribution in [0.4, 0.5) is 4.39 Å². The molecule has 2 rings (SSSR count). The Morgan fingerprint density at radius 2 is 2.22 bits per heavy atom. The second-order valence-corrected chi connectivity index (χ2v) is 5.30. The first-order valence-corrected chi connectivity index (χ1v) is 6.80. The van der Waals surface area contributed by atoms with Gasteiger partial charge >= 0.3 is 0 Å². The number of halogens is 2. The fourth-order valence-corrected chi connectivity index (χ4v) is 2.44. The first kappa shape index (κ1) is 13.8. The van der Waals surface area contributed by atoms with Crippen LogP contribution in [-0.2, 0) is 11.2 Å². The first-order chi connectivity index (χ1) is 8.61. The van der Waals surface area contributed by atoms with Gasteiger partial charge in [-0.3, -0.25) is 0 Å². The van der Waals surface area contributed by atoms with Gasteiger partial charge in [-0.05, 0) is 49.8 Å². The molecule has 1 aliphatic carbocycles. The van der Waals surface area contributed by atoms with Gasteiger partial charge in [0.05, 0.1) is 6.10 Å². The van der Waals surface area contributed by atoms with Crippen molar-refractivity contribution >= 4 is 11.6 Å². The second kappa shape index (κ2) is 6.00. The third kappa shape index (κ3) is 3.44. The van der Waals surface area contributed by atoms with Crippen LogP contribution in [0.5, 0.6) is 0 Å². The van der Waals surface area contributed by atoms with E-state index in [1.165, 1.54) is 18.9 Å². The topological polar surface area (TPSA) is 35.2 Å². The summed E-state index contributed by atoms with van der Waals surface area (Å²) in [6.07, 6.45) is 2.87. The Hall–Kier alpha value is -0.640. The highest BCUT2D eigenvalue weighted by Gasteiger charge is 2.35. The number of hydrogen-bond acceptors (Lipinski definition) is 2. The molecule has 0 bridgehead atoms. The molecule has 0 heterocycles. The molecule has 0 spiro atoms. The largest absolute Gasteiger partial charge is 0.377 e. The molecule has 1 aromatic carbocycles. The molecule has 1 aromatic rings. The van der Waals surface area contributed by atoms with Gasteiger partial charge in [0.15, 0.2) is 0 Å². The predicted molar refractivity (Wildman–Crippen MR) is 71.2 cm³/mol. The third-order valence-electron chi connectivity index (χ3n) is 3.34. The van der Waals surface area contributed by atoms with E-state index in [0.29, 0.717) is 29.5 Å². The average Bonchev–Trinajstić information content (AvgIpc) is 3.13. The lowest BCUT2D eigenvalue weighted by molar-refractivity contribution is 0.0286. The summed E-state index contributed by atoms with van der Waals surface area (Å²) in [6, 6.07) is 4.57. The smallest absolute Gasteiger partial charge is 0.127 e. The Labute approximate surface area is 112 Å². The van der Waals surface area contributed by atoms with Crippen molar-refractivity contribution in [3.05, 3.63) is 34.6 Å². The van der Waals surface area contributed by atoms with E-state index in [0.717, 1.165) is 0 Å². The fraction of sp³-hybridized carbons (Fsp3) is 0.571. The van der Waals surface area contributed by atoms with Crippen molar-refractivity contribution in [1.82, 2.24) is 0 Å². The summed E-state index contributed by atoms with van der Waals surface area (Å²) >= 11 is 5.73. The minimum Gasteiger partial charge on any atom is -0.377 e. The molecule has 2 nitrogen and oxygen atoms in total. The van der Waals surface area contributed by atoms with Crippen LogP contribution in [0.15, 0.2) is 18.2 Å². The highest BCUT2D eigenvalue weighted by atomic mass is 35.5. The van der Waals surface area contributed by atoms with Crippen molar-refractivity contribution in [2.24, 2.45) is 11.7 Å². The van der Waals surface area contributed by atoms with Crippen LogP contribution in [-0.4, -0.2) is 18.8 Å². The van der Waals surface area contributed by atoms with E-state index in [1.54, 1.807) is 12.1 Å². The highest BCUT2D eigenvalue weighted by Crippen LogP contribution is 2.36. The molecular weight excluding hydrogens is 253 g/mol. The van der Waals surface area contributed by atoms with Gasteiger partial charge < -0.3 is 10.5 Å². The molecule has 0 aliphatic heterocycles. The number of rotatable bonds is 6. The molecule has 0 saturated heterocycles. The molecule has 4 heteroatoms. The first-order valence-electron chi connectivity index (χ1n) is 6.43. The summed E-state index contributed by atoms with van der Waals surface area (Å²) in [5.74, 6) is 0.263. The third-order valence-corrected chi connectivity index (χ3v) is 3.57. The van der Waals surface area contributed by atoms with Crippen molar-refractivity contribution in [2.75, 3.05) is 6.61 Å². The normalized spacial score (nSPS) is 18.7. The Kier molecular flexibility index (Phi) is 4.60. The average molecular weight is 272 g/mol. The fourth-order valence-electron chi connectivity index (χ4n) is 2.28. The van der Waals surface area contributed by atoms with Crippen LogP contribution in [0.1, 0.15) is 25.3 Å². The zero-order chi connectivity index (χ0) is 13.1. The van der Waals surface area contributed by atoms with E-state index >= 15 is 0 Å². The SMILES string of the molecule is CCOC(C(N)Cc1ccc(Cl)cc1F)C1CC1. The van der Waals surface area contributed by atoms with Gasteiger partial charge in [-0.2, -0.15) is 0 Å². The maximum Gasteiger partial charge on any atom is 0.127 e. The minimum absolute atomic E-state index is 0.0464. The maximum absolute atomic E-state index is 13.7. The van der Waals surface area contributed by atoms with Crippen LogP contribution in [0.25, 0.3) is 0 Å². The highest BCUT2D eigenvalue weighted by molar-refractivity contribution is 6.30. The summed E-state index contributed by atoms with van der Waals surface area (Å²) < 4.78 is 19.4. The standard InChI is InChI=1S/C14H19ClFNO/c1-2-18-14(9-3-4-9)13(17)7-10-5-6-11(15)8-12(10)16/h5-6,8-9,13-14H,2-4,7,17H2,1H3. The monoisotopic (exact) mass is 271 g/mol. The van der Waals surface area contributed by atoms with Crippen molar-refractivity contribution in [1.29, 1.82) is 0 Å². The number of ether oxygens (including phenoxy) is 1. The van der Waals surface area contributed by atoms with Crippen LogP contribution in [0.2, 0.25) is 5.02 Å². The van der Waals surface area contributed by atoms with Crippen molar-refractivity contribution in [3.8, 4) is 0 Å². The lowest BCUT2D eigenvalue weighted by atomic mass is 9.98. The van der Waals surface area contributed by atoms with Gasteiger partial charge in [0.25, 0.3) is 0 Å². The quantitative estimate of drug-likeness (QED) is 0.863. The van der Waals surface area contributed by atoms with Crippen LogP contribution < -0.4 is 5.73 Å². The predicted octanol–water partition coefficient (Wildman–Crippen LogP) is 3.16. The summed E-state index contributed by atoms with van der Waals surface area (Å²) in [5, 5.41) is 0.411. The molecule has 2 N–H and O–H groups in total. The molecule has 0 radical (unpaired) electrons. The molecule has 1 fully saturated rings.